The summed E-state index contributed by atoms with van der Waals surface area (Å²) in [6.45, 7) is 5.06. The summed E-state index contributed by atoms with van der Waals surface area (Å²) >= 11 is 1.51. The SMILES string of the molecule is Cc1cc(OC(F)F)c2nc(-c3nc(C(C)C)cs3)cc(C)c2c1. The molecule has 0 saturated heterocycles. The topological polar surface area (TPSA) is 35.0 Å². The van der Waals surface area contributed by atoms with Crippen molar-refractivity contribution in [1.82, 2.24) is 9.97 Å². The van der Waals surface area contributed by atoms with E-state index in [2.05, 4.69) is 28.6 Å². The lowest BCUT2D eigenvalue weighted by atomic mass is 10.1. The molecule has 24 heavy (non-hydrogen) atoms. The lowest BCUT2D eigenvalue weighted by Gasteiger charge is -2.12. The number of halogens is 2. The minimum atomic E-state index is -2.88. The Hall–Kier alpha value is -2.08. The number of hydrogen-bond acceptors (Lipinski definition) is 4. The predicted octanol–water partition coefficient (Wildman–Crippen LogP) is 5.70. The highest BCUT2D eigenvalue weighted by atomic mass is 32.1. The molecule has 6 heteroatoms. The van der Waals surface area contributed by atoms with Gasteiger partial charge in [-0.2, -0.15) is 8.78 Å². The molecule has 0 bridgehead atoms. The van der Waals surface area contributed by atoms with Gasteiger partial charge in [0.15, 0.2) is 5.75 Å². The number of thiazole rings is 1. The van der Waals surface area contributed by atoms with Crippen LogP contribution >= 0.6 is 11.3 Å². The summed E-state index contributed by atoms with van der Waals surface area (Å²) in [5.41, 5.74) is 3.94. The molecule has 0 N–H and O–H groups in total. The zero-order valence-electron chi connectivity index (χ0n) is 13.9. The highest BCUT2D eigenvalue weighted by Gasteiger charge is 2.16. The fraction of sp³-hybridized carbons (Fsp3) is 0.333. The molecule has 0 fully saturated rings. The van der Waals surface area contributed by atoms with Crippen molar-refractivity contribution in [1.29, 1.82) is 0 Å². The van der Waals surface area contributed by atoms with E-state index in [4.69, 9.17) is 0 Å². The first-order valence-corrected chi connectivity index (χ1v) is 8.55. The summed E-state index contributed by atoms with van der Waals surface area (Å²) in [5.74, 6) is 0.433. The lowest BCUT2D eigenvalue weighted by molar-refractivity contribution is -0.0489. The molecule has 126 valence electrons. The largest absolute Gasteiger partial charge is 0.432 e. The summed E-state index contributed by atoms with van der Waals surface area (Å²) in [6.07, 6.45) is 0. The minimum absolute atomic E-state index is 0.102. The number of hydrogen-bond donors (Lipinski definition) is 0. The smallest absolute Gasteiger partial charge is 0.387 e. The summed E-state index contributed by atoms with van der Waals surface area (Å²) in [6, 6.07) is 5.46. The lowest BCUT2D eigenvalue weighted by Crippen LogP contribution is -2.04. The molecular weight excluding hydrogens is 330 g/mol. The molecule has 0 saturated carbocycles. The Morgan fingerprint density at radius 3 is 2.46 bits per heavy atom. The van der Waals surface area contributed by atoms with E-state index in [1.807, 2.05) is 31.4 Å². The van der Waals surface area contributed by atoms with Gasteiger partial charge >= 0.3 is 6.61 Å². The van der Waals surface area contributed by atoms with Crippen molar-refractivity contribution in [3.8, 4) is 16.5 Å². The van der Waals surface area contributed by atoms with Crippen LogP contribution in [0.25, 0.3) is 21.6 Å². The fourth-order valence-electron chi connectivity index (χ4n) is 2.56. The molecule has 2 heterocycles. The summed E-state index contributed by atoms with van der Waals surface area (Å²) < 4.78 is 30.2. The van der Waals surface area contributed by atoms with E-state index in [9.17, 15) is 8.78 Å². The van der Waals surface area contributed by atoms with E-state index < -0.39 is 6.61 Å². The second-order valence-corrected chi connectivity index (χ2v) is 6.95. The van der Waals surface area contributed by atoms with Gasteiger partial charge in [-0.15, -0.1) is 11.3 Å². The van der Waals surface area contributed by atoms with Crippen molar-refractivity contribution in [3.63, 3.8) is 0 Å². The van der Waals surface area contributed by atoms with E-state index in [0.29, 0.717) is 17.1 Å². The van der Waals surface area contributed by atoms with Crippen LogP contribution in [0.3, 0.4) is 0 Å². The molecule has 0 unspecified atom stereocenters. The summed E-state index contributed by atoms with van der Waals surface area (Å²) in [4.78, 5) is 9.17. The molecule has 0 aliphatic heterocycles. The average Bonchev–Trinajstić information content (AvgIpc) is 2.97. The summed E-state index contributed by atoms with van der Waals surface area (Å²) in [5, 5.41) is 3.61. The number of nitrogens with zero attached hydrogens (tertiary/aromatic N) is 2. The van der Waals surface area contributed by atoms with Gasteiger partial charge in [0.05, 0.1) is 5.69 Å². The van der Waals surface area contributed by atoms with Crippen LogP contribution in [0.15, 0.2) is 23.6 Å². The standard InChI is InChI=1S/C18H18F2N2OS/c1-9(2)14-8-24-17(22-14)13-7-11(4)12-5-10(3)6-15(16(12)21-13)23-18(19)20/h5-9,18H,1-4H3. The maximum absolute atomic E-state index is 12.7. The van der Waals surface area contributed by atoms with Crippen molar-refractivity contribution in [2.75, 3.05) is 0 Å². The third kappa shape index (κ3) is 3.24. The van der Waals surface area contributed by atoms with Crippen molar-refractivity contribution in [2.24, 2.45) is 0 Å². The number of aryl methyl sites for hydroxylation is 2. The fourth-order valence-corrected chi connectivity index (χ4v) is 3.50. The van der Waals surface area contributed by atoms with E-state index in [1.54, 1.807) is 6.07 Å². The zero-order chi connectivity index (χ0) is 17.4. The van der Waals surface area contributed by atoms with Gasteiger partial charge < -0.3 is 4.74 Å². The van der Waals surface area contributed by atoms with Crippen molar-refractivity contribution in [2.45, 2.75) is 40.2 Å². The molecule has 2 aromatic heterocycles. The van der Waals surface area contributed by atoms with E-state index >= 15 is 0 Å². The van der Waals surface area contributed by atoms with Gasteiger partial charge in [-0.3, -0.25) is 0 Å². The van der Waals surface area contributed by atoms with Gasteiger partial charge in [0.25, 0.3) is 0 Å². The Kier molecular flexibility index (Phi) is 4.49. The molecule has 3 aromatic rings. The van der Waals surface area contributed by atoms with Gasteiger partial charge in [-0.25, -0.2) is 9.97 Å². The van der Waals surface area contributed by atoms with Gasteiger partial charge in [0.1, 0.15) is 16.2 Å². The average molecular weight is 348 g/mol. The van der Waals surface area contributed by atoms with Crippen LogP contribution < -0.4 is 4.74 Å². The number of pyridine rings is 1. The number of benzene rings is 1. The van der Waals surface area contributed by atoms with E-state index in [0.717, 1.165) is 27.2 Å². The molecule has 0 spiro atoms. The summed E-state index contributed by atoms with van der Waals surface area (Å²) in [7, 11) is 0. The number of ether oxygens (including phenoxy) is 1. The Morgan fingerprint density at radius 2 is 1.83 bits per heavy atom. The third-order valence-electron chi connectivity index (χ3n) is 3.78. The predicted molar refractivity (Wildman–Crippen MR) is 93.0 cm³/mol. The Balaban J connectivity index is 2.18. The highest BCUT2D eigenvalue weighted by Crippen LogP contribution is 2.33. The Labute approximate surface area is 143 Å². The van der Waals surface area contributed by atoms with Gasteiger partial charge in [0, 0.05) is 10.8 Å². The monoisotopic (exact) mass is 348 g/mol. The molecule has 0 aliphatic rings. The van der Waals surface area contributed by atoms with E-state index in [1.165, 1.54) is 11.3 Å². The number of fused-ring (bicyclic) bond motifs is 1. The van der Waals surface area contributed by atoms with Crippen molar-refractivity contribution >= 4 is 22.2 Å². The van der Waals surface area contributed by atoms with Crippen molar-refractivity contribution in [3.05, 3.63) is 40.4 Å². The van der Waals surface area contributed by atoms with Crippen LogP contribution in [0.1, 0.15) is 36.6 Å². The van der Waals surface area contributed by atoms with Crippen LogP contribution in [0, 0.1) is 13.8 Å². The molecule has 1 aromatic carbocycles. The maximum atomic E-state index is 12.7. The first-order valence-electron chi connectivity index (χ1n) is 7.67. The van der Waals surface area contributed by atoms with Crippen LogP contribution in [-0.2, 0) is 0 Å². The van der Waals surface area contributed by atoms with Crippen LogP contribution in [-0.4, -0.2) is 16.6 Å². The van der Waals surface area contributed by atoms with Crippen LogP contribution in [0.5, 0.6) is 5.75 Å². The quantitative estimate of drug-likeness (QED) is 0.606. The Morgan fingerprint density at radius 1 is 1.08 bits per heavy atom. The first kappa shape index (κ1) is 16.8. The third-order valence-corrected chi connectivity index (χ3v) is 4.66. The van der Waals surface area contributed by atoms with Crippen LogP contribution in [0.4, 0.5) is 8.78 Å². The van der Waals surface area contributed by atoms with Gasteiger partial charge in [-0.05, 0) is 49.1 Å². The molecule has 0 amide bonds. The zero-order valence-corrected chi connectivity index (χ0v) is 14.7. The van der Waals surface area contributed by atoms with Gasteiger partial charge in [-0.1, -0.05) is 13.8 Å². The molecule has 3 nitrogen and oxygen atoms in total. The molecule has 0 aliphatic carbocycles. The second-order valence-electron chi connectivity index (χ2n) is 6.09. The molecule has 0 radical (unpaired) electrons. The van der Waals surface area contributed by atoms with Gasteiger partial charge in [0.2, 0.25) is 0 Å². The number of rotatable bonds is 4. The minimum Gasteiger partial charge on any atom is -0.432 e. The van der Waals surface area contributed by atoms with Crippen LogP contribution in [0.2, 0.25) is 0 Å². The first-order chi connectivity index (χ1) is 11.3. The molecule has 3 rings (SSSR count). The normalized spacial score (nSPS) is 11.7. The highest BCUT2D eigenvalue weighted by molar-refractivity contribution is 7.13. The molecule has 0 atom stereocenters. The van der Waals surface area contributed by atoms with E-state index in [-0.39, 0.29) is 5.75 Å². The molecular formula is C18H18F2N2OS. The van der Waals surface area contributed by atoms with Crippen molar-refractivity contribution < 1.29 is 13.5 Å². The maximum Gasteiger partial charge on any atom is 0.387 e. The Bertz CT molecular complexity index is 890. The number of aromatic nitrogens is 2. The number of alkyl halides is 2. The second kappa shape index (κ2) is 6.43.